The van der Waals surface area contributed by atoms with Crippen LogP contribution in [-0.4, -0.2) is 129 Å². The number of aryl methyl sites for hydroxylation is 3. The molecule has 11 nitrogen and oxygen atoms in total. The van der Waals surface area contributed by atoms with Gasteiger partial charge in [-0.15, -0.1) is 0 Å². The Morgan fingerprint density at radius 1 is 0.623 bits per heavy atom. The van der Waals surface area contributed by atoms with Gasteiger partial charge in [0.05, 0.1) is 45.1 Å². The topological polar surface area (TPSA) is 156 Å². The summed E-state index contributed by atoms with van der Waals surface area (Å²) in [5, 5.41) is 13.8. The minimum Gasteiger partial charge on any atom is -0.644 e. The Kier molecular flexibility index (Phi) is 41.7. The largest absolute Gasteiger partial charge is 1.00 e. The number of ether oxygens (including phenoxy) is 2. The van der Waals surface area contributed by atoms with Gasteiger partial charge in [-0.2, -0.15) is 0 Å². The number of nitrogens with zero attached hydrogens (tertiary/aromatic N) is 1. The minimum absolute atomic E-state index is 0. The van der Waals surface area contributed by atoms with E-state index in [2.05, 4.69) is 69.7 Å². The third-order valence-electron chi connectivity index (χ3n) is 7.52. The molecule has 2 heterocycles. The molecule has 5 rings (SSSR count). The molecule has 0 aliphatic carbocycles. The van der Waals surface area contributed by atoms with Gasteiger partial charge in [-0.25, -0.2) is 25.3 Å². The molecule has 0 bridgehead atoms. The number of rotatable bonds is 14. The first kappa shape index (κ1) is 64.5. The number of aliphatic hydroxyl groups excluding tert-OH is 1. The van der Waals surface area contributed by atoms with E-state index in [0.717, 1.165) is 126 Å². The van der Waals surface area contributed by atoms with Gasteiger partial charge in [0, 0.05) is 65.2 Å². The first-order valence-corrected chi connectivity index (χ1v) is 31.0. The second-order valence-electron chi connectivity index (χ2n) is 12.7. The zero-order valence-corrected chi connectivity index (χ0v) is 48.7. The molecule has 2 fully saturated rings. The molecule has 2 aliphatic heterocycles. The maximum atomic E-state index is 12.1. The molecule has 0 aromatic heterocycles. The van der Waals surface area contributed by atoms with Crippen molar-refractivity contribution < 1.29 is 91.2 Å². The third kappa shape index (κ3) is 34.4. The van der Waals surface area contributed by atoms with E-state index in [1.54, 1.807) is 43.3 Å². The summed E-state index contributed by atoms with van der Waals surface area (Å²) < 4.78 is 79.6. The van der Waals surface area contributed by atoms with Crippen LogP contribution in [0.3, 0.4) is 0 Å². The Labute approximate surface area is 447 Å². The van der Waals surface area contributed by atoms with Crippen LogP contribution in [0.2, 0.25) is 0 Å². The molecule has 0 amide bonds. The van der Waals surface area contributed by atoms with Crippen molar-refractivity contribution in [1.82, 2.24) is 10.2 Å². The summed E-state index contributed by atoms with van der Waals surface area (Å²) >= 11 is 14.1. The van der Waals surface area contributed by atoms with Crippen molar-refractivity contribution >= 4 is 108 Å². The van der Waals surface area contributed by atoms with Crippen LogP contribution in [0.5, 0.6) is 0 Å². The van der Waals surface area contributed by atoms with Crippen molar-refractivity contribution in [3.8, 4) is 0 Å². The summed E-state index contributed by atoms with van der Waals surface area (Å²) in [5.41, 5.74) is 3.16. The standard InChI is InChI=1S/C14H21NO3S2.C10H13BrO2S2.C7H8O2S2.C4H9NO.C3H6Br2.C2H6O.K/c1-13-3-5-14(6-4-13)20(16,17)19-12-2-7-15-8-10-18-11-9-15;1-9-3-5-10(6-4-9)15(12,13)14-8-2-7-11;1-6-2-4-7(5-3-6)11(8,9)10;1-3-6-4-2-5-1;4-2-1-3-5;1-2-3;/h3-6H,2,7-12H2,1H3;3-6H,2,7-8H2,1H3;2-5H,1H3,(H,8,9,10);5H,1-4H2;1-3H2;3H,2H2,1H3;/q;;;;;;+1/p-1. The molecule has 3 aromatic rings. The predicted octanol–water partition coefficient (Wildman–Crippen LogP) is 5.35. The number of nitrogens with one attached hydrogen (secondary N) is 1. The van der Waals surface area contributed by atoms with Crippen LogP contribution in [0.15, 0.2) is 87.5 Å². The number of benzene rings is 3. The Morgan fingerprint density at radius 3 is 1.26 bits per heavy atom. The Balaban J connectivity index is 0. The van der Waals surface area contributed by atoms with Crippen LogP contribution in [0.1, 0.15) is 42.9 Å². The Hall–Kier alpha value is 1.44. The molecule has 0 spiro atoms. The molecule has 3 aromatic carbocycles. The van der Waals surface area contributed by atoms with Gasteiger partial charge in [-0.3, -0.25) is 4.90 Å². The van der Waals surface area contributed by atoms with E-state index in [1.807, 2.05) is 45.0 Å². The van der Waals surface area contributed by atoms with Crippen molar-refractivity contribution in [2.75, 3.05) is 93.3 Å². The molecule has 2 saturated heterocycles. The van der Waals surface area contributed by atoms with E-state index in [9.17, 15) is 25.3 Å². The number of alkyl halides is 3. The van der Waals surface area contributed by atoms with Crippen LogP contribution in [0.4, 0.5) is 0 Å². The van der Waals surface area contributed by atoms with Gasteiger partial charge < -0.3 is 31.6 Å². The molecule has 0 radical (unpaired) electrons. The molecule has 0 saturated carbocycles. The molecule has 2 aliphatic rings. The Morgan fingerprint density at radius 2 is 0.967 bits per heavy atom. The van der Waals surface area contributed by atoms with Crippen LogP contribution in [-0.2, 0) is 47.7 Å². The van der Waals surface area contributed by atoms with Crippen LogP contribution >= 0.6 is 69.4 Å². The smallest absolute Gasteiger partial charge is 0.644 e. The van der Waals surface area contributed by atoms with E-state index in [-0.39, 0.29) is 62.9 Å². The normalized spacial score (nSPS) is 13.9. The van der Waals surface area contributed by atoms with Crippen molar-refractivity contribution in [2.45, 2.75) is 61.6 Å². The second kappa shape index (κ2) is 39.4. The van der Waals surface area contributed by atoms with Gasteiger partial charge >= 0.3 is 51.4 Å². The maximum absolute atomic E-state index is 12.1. The van der Waals surface area contributed by atoms with Gasteiger partial charge in [0.2, 0.25) is 17.7 Å². The van der Waals surface area contributed by atoms with Crippen LogP contribution in [0, 0.1) is 20.8 Å². The number of hydrogen-bond donors (Lipinski definition) is 2. The fourth-order valence-corrected chi connectivity index (χ4v) is 12.8. The van der Waals surface area contributed by atoms with Gasteiger partial charge in [-0.05, 0) is 111 Å². The minimum atomic E-state index is -3.44. The summed E-state index contributed by atoms with van der Waals surface area (Å²) in [5.74, 6) is 1.26. The van der Waals surface area contributed by atoms with E-state index >= 15 is 0 Å². The zero-order valence-electron chi connectivity index (χ0n) is 35.9. The third-order valence-corrected chi connectivity index (χ3v) is 17.9. The first-order valence-electron chi connectivity index (χ1n) is 19.3. The fraction of sp³-hybridized carbons (Fsp3) is 0.550. The van der Waals surface area contributed by atoms with Gasteiger partial charge in [-0.1, -0.05) is 101 Å². The molecular formula is C40H62Br3KN2O9S6. The van der Waals surface area contributed by atoms with Crippen molar-refractivity contribution in [3.63, 3.8) is 0 Å². The summed E-state index contributed by atoms with van der Waals surface area (Å²) in [4.78, 5) is 3.31. The summed E-state index contributed by atoms with van der Waals surface area (Å²) in [6.45, 7) is 16.0. The summed E-state index contributed by atoms with van der Waals surface area (Å²) in [6.07, 6.45) is 2.96. The van der Waals surface area contributed by atoms with Crippen LogP contribution in [0.25, 0.3) is 0 Å². The second-order valence-corrected chi connectivity index (χ2v) is 25.9. The maximum Gasteiger partial charge on any atom is 1.00 e. The molecular weight excluding hydrogens is 1120 g/mol. The number of morpholine rings is 2. The summed E-state index contributed by atoms with van der Waals surface area (Å²) in [7, 11) is -7.75. The molecule has 344 valence electrons. The molecule has 2 N–H and O–H groups in total. The number of halogens is 3. The van der Waals surface area contributed by atoms with E-state index in [1.165, 1.54) is 18.6 Å². The number of aliphatic hydroxyl groups is 1. The van der Waals surface area contributed by atoms with Crippen molar-refractivity contribution in [2.24, 2.45) is 0 Å². The van der Waals surface area contributed by atoms with Gasteiger partial charge in [0.25, 0.3) is 0 Å². The SMILES string of the molecule is BrCCCBr.C1COCCN1.CCO.Cc1ccc(S(=O)(=O)SCCCBr)cc1.Cc1ccc(S(=O)(=O)SCCCN2CCOCC2)cc1.Cc1ccc(S(=O)(=O)[S-])cc1.[K+]. The average Bonchev–Trinajstić information content (AvgIpc) is 3.22. The first-order chi connectivity index (χ1) is 28.5. The van der Waals surface area contributed by atoms with Crippen molar-refractivity contribution in [1.29, 1.82) is 0 Å². The number of hydrogen-bond acceptors (Lipinski definition) is 14. The van der Waals surface area contributed by atoms with E-state index in [4.69, 9.17) is 14.6 Å². The molecule has 61 heavy (non-hydrogen) atoms. The quantitative estimate of drug-likeness (QED) is 0.0701. The molecule has 0 unspecified atom stereocenters. The fourth-order valence-electron chi connectivity index (χ4n) is 4.32. The predicted molar refractivity (Wildman–Crippen MR) is 266 cm³/mol. The van der Waals surface area contributed by atoms with Gasteiger partial charge in [0.15, 0.2) is 0 Å². The Bertz CT molecular complexity index is 1830. The van der Waals surface area contributed by atoms with E-state index < -0.39 is 26.6 Å². The molecule has 0 atom stereocenters. The van der Waals surface area contributed by atoms with Gasteiger partial charge in [0.1, 0.15) is 0 Å². The van der Waals surface area contributed by atoms with Crippen molar-refractivity contribution in [3.05, 3.63) is 89.5 Å². The van der Waals surface area contributed by atoms with E-state index in [0.29, 0.717) is 21.3 Å². The monoisotopic (exact) mass is 1180 g/mol. The average molecular weight is 1190 g/mol. The molecule has 21 heteroatoms. The summed E-state index contributed by atoms with van der Waals surface area (Å²) in [6, 6.07) is 20.4. The van der Waals surface area contributed by atoms with Crippen LogP contribution < -0.4 is 56.7 Å². The zero-order chi connectivity index (χ0) is 45.3.